The first-order valence-corrected chi connectivity index (χ1v) is 7.24. The number of hydrogen-bond donors (Lipinski definition) is 1. The number of hydrogen-bond acceptors (Lipinski definition) is 5. The molecule has 6 heteroatoms. The number of nitrogen functional groups attached to an aromatic ring is 1. The van der Waals surface area contributed by atoms with E-state index in [2.05, 4.69) is 25.9 Å². The maximum Gasteiger partial charge on any atom is 0.144 e. The Kier molecular flexibility index (Phi) is 3.57. The van der Waals surface area contributed by atoms with Gasteiger partial charge in [-0.25, -0.2) is 9.97 Å². The van der Waals surface area contributed by atoms with Gasteiger partial charge in [0.05, 0.1) is 9.72 Å². The largest absolute Gasteiger partial charge is 0.383 e. The van der Waals surface area contributed by atoms with Gasteiger partial charge in [0.2, 0.25) is 0 Å². The number of thioether (sulfide) groups is 2. The molecular weight excluding hydrogens is 282 g/mol. The molecule has 76 valence electrons. The number of nitrogens with zero attached hydrogens (tertiary/aromatic N) is 2. The molecule has 2 rings (SSSR count). The number of nitrogens with two attached hydrogens (primary N) is 1. The van der Waals surface area contributed by atoms with Crippen LogP contribution in [-0.4, -0.2) is 27.2 Å². The standard InChI is InChI=1S/C8H10BrN3S2/c9-5-3-11-8(12-7(5)10)6-4-13-1-2-14-6/h3,6H,1-2,4H2,(H2,10,11,12). The van der Waals surface area contributed by atoms with Crippen molar-refractivity contribution in [3.8, 4) is 0 Å². The quantitative estimate of drug-likeness (QED) is 0.861. The maximum atomic E-state index is 5.71. The molecule has 1 aliphatic heterocycles. The summed E-state index contributed by atoms with van der Waals surface area (Å²) in [6.45, 7) is 0. The van der Waals surface area contributed by atoms with Gasteiger partial charge >= 0.3 is 0 Å². The van der Waals surface area contributed by atoms with Gasteiger partial charge in [0.1, 0.15) is 11.6 Å². The summed E-state index contributed by atoms with van der Waals surface area (Å²) < 4.78 is 0.773. The average molecular weight is 292 g/mol. The van der Waals surface area contributed by atoms with Crippen molar-refractivity contribution < 1.29 is 0 Å². The van der Waals surface area contributed by atoms with Crippen LogP contribution in [0.4, 0.5) is 5.82 Å². The third-order valence-electron chi connectivity index (χ3n) is 1.89. The molecule has 0 amide bonds. The fraction of sp³-hybridized carbons (Fsp3) is 0.500. The second-order valence-electron chi connectivity index (χ2n) is 2.90. The Morgan fingerprint density at radius 3 is 3.00 bits per heavy atom. The summed E-state index contributed by atoms with van der Waals surface area (Å²) in [6, 6.07) is 0. The van der Waals surface area contributed by atoms with Crippen LogP contribution in [0.5, 0.6) is 0 Å². The highest BCUT2D eigenvalue weighted by molar-refractivity contribution is 9.10. The first kappa shape index (κ1) is 10.6. The molecule has 0 radical (unpaired) electrons. The molecule has 1 saturated heterocycles. The average Bonchev–Trinajstić information content (AvgIpc) is 2.23. The lowest BCUT2D eigenvalue weighted by molar-refractivity contribution is 0.924. The second kappa shape index (κ2) is 4.72. The minimum atomic E-state index is 0.407. The molecule has 0 spiro atoms. The van der Waals surface area contributed by atoms with Gasteiger partial charge in [-0.05, 0) is 15.9 Å². The highest BCUT2D eigenvalue weighted by Gasteiger charge is 2.19. The van der Waals surface area contributed by atoms with Gasteiger partial charge in [-0.15, -0.1) is 11.8 Å². The van der Waals surface area contributed by atoms with Crippen molar-refractivity contribution in [2.45, 2.75) is 5.25 Å². The summed E-state index contributed by atoms with van der Waals surface area (Å²) >= 11 is 7.16. The topological polar surface area (TPSA) is 51.8 Å². The van der Waals surface area contributed by atoms with E-state index in [1.54, 1.807) is 6.20 Å². The lowest BCUT2D eigenvalue weighted by Crippen LogP contribution is -2.11. The third kappa shape index (κ3) is 2.35. The van der Waals surface area contributed by atoms with Gasteiger partial charge in [0.25, 0.3) is 0 Å². The monoisotopic (exact) mass is 291 g/mol. The Labute approximate surface area is 99.8 Å². The molecule has 0 saturated carbocycles. The van der Waals surface area contributed by atoms with Crippen molar-refractivity contribution in [3.05, 3.63) is 16.5 Å². The summed E-state index contributed by atoms with van der Waals surface area (Å²) in [5.74, 6) is 4.89. The molecule has 1 aliphatic rings. The first-order valence-electron chi connectivity index (χ1n) is 4.24. The number of aromatic nitrogens is 2. The van der Waals surface area contributed by atoms with Gasteiger partial charge in [-0.3, -0.25) is 0 Å². The van der Waals surface area contributed by atoms with Gasteiger partial charge in [-0.1, -0.05) is 0 Å². The Bertz CT molecular complexity index is 328. The van der Waals surface area contributed by atoms with Crippen LogP contribution in [0.1, 0.15) is 11.1 Å². The van der Waals surface area contributed by atoms with E-state index in [1.165, 1.54) is 11.5 Å². The van der Waals surface area contributed by atoms with E-state index in [9.17, 15) is 0 Å². The van der Waals surface area contributed by atoms with Gasteiger partial charge in [-0.2, -0.15) is 11.8 Å². The molecule has 1 aromatic heterocycles. The maximum absolute atomic E-state index is 5.71. The van der Waals surface area contributed by atoms with E-state index in [0.717, 1.165) is 16.0 Å². The molecule has 2 heterocycles. The highest BCUT2D eigenvalue weighted by atomic mass is 79.9. The lowest BCUT2D eigenvalue weighted by Gasteiger charge is -2.19. The SMILES string of the molecule is Nc1nc(C2CSCCS2)ncc1Br. The van der Waals surface area contributed by atoms with Crippen LogP contribution >= 0.6 is 39.5 Å². The van der Waals surface area contributed by atoms with E-state index in [-0.39, 0.29) is 0 Å². The smallest absolute Gasteiger partial charge is 0.144 e. The summed E-state index contributed by atoms with van der Waals surface area (Å²) in [5, 5.41) is 0.407. The highest BCUT2D eigenvalue weighted by Crippen LogP contribution is 2.35. The molecule has 0 aromatic carbocycles. The minimum absolute atomic E-state index is 0.407. The summed E-state index contributed by atoms with van der Waals surface area (Å²) in [7, 11) is 0. The normalized spacial score (nSPS) is 22.2. The molecule has 1 aromatic rings. The number of halogens is 1. The van der Waals surface area contributed by atoms with E-state index < -0.39 is 0 Å². The molecule has 0 bridgehead atoms. The summed E-state index contributed by atoms with van der Waals surface area (Å²) in [6.07, 6.45) is 1.73. The fourth-order valence-electron chi connectivity index (χ4n) is 1.19. The van der Waals surface area contributed by atoms with Crippen molar-refractivity contribution >= 4 is 45.3 Å². The lowest BCUT2D eigenvalue weighted by atomic mass is 10.4. The van der Waals surface area contributed by atoms with Crippen LogP contribution in [0.15, 0.2) is 10.7 Å². The number of anilines is 1. The third-order valence-corrected chi connectivity index (χ3v) is 5.26. The molecule has 3 nitrogen and oxygen atoms in total. The van der Waals surface area contributed by atoms with Crippen molar-refractivity contribution in [2.75, 3.05) is 23.0 Å². The van der Waals surface area contributed by atoms with E-state index in [0.29, 0.717) is 11.1 Å². The molecule has 1 unspecified atom stereocenters. The zero-order valence-corrected chi connectivity index (χ0v) is 10.7. The Morgan fingerprint density at radius 1 is 1.50 bits per heavy atom. The zero-order chi connectivity index (χ0) is 9.97. The molecule has 1 atom stereocenters. The molecule has 0 aliphatic carbocycles. The van der Waals surface area contributed by atoms with Gasteiger partial charge < -0.3 is 5.73 Å². The van der Waals surface area contributed by atoms with Gasteiger partial charge in [0, 0.05) is 23.5 Å². The van der Waals surface area contributed by atoms with Crippen molar-refractivity contribution in [1.29, 1.82) is 0 Å². The second-order valence-corrected chi connectivity index (χ2v) is 6.21. The van der Waals surface area contributed by atoms with Crippen LogP contribution in [0.25, 0.3) is 0 Å². The fourth-order valence-corrected chi connectivity index (χ4v) is 3.98. The molecule has 14 heavy (non-hydrogen) atoms. The summed E-state index contributed by atoms with van der Waals surface area (Å²) in [5.41, 5.74) is 5.71. The van der Waals surface area contributed by atoms with Crippen molar-refractivity contribution in [3.63, 3.8) is 0 Å². The van der Waals surface area contributed by atoms with E-state index in [4.69, 9.17) is 5.73 Å². The predicted molar refractivity (Wildman–Crippen MR) is 66.7 cm³/mol. The van der Waals surface area contributed by atoms with E-state index in [1.807, 2.05) is 23.5 Å². The number of rotatable bonds is 1. The minimum Gasteiger partial charge on any atom is -0.383 e. The van der Waals surface area contributed by atoms with Crippen molar-refractivity contribution in [1.82, 2.24) is 9.97 Å². The van der Waals surface area contributed by atoms with E-state index >= 15 is 0 Å². The molecule has 1 fully saturated rings. The molecule has 2 N–H and O–H groups in total. The van der Waals surface area contributed by atoms with Crippen LogP contribution < -0.4 is 5.73 Å². The van der Waals surface area contributed by atoms with Crippen LogP contribution in [-0.2, 0) is 0 Å². The summed E-state index contributed by atoms with van der Waals surface area (Å²) in [4.78, 5) is 8.57. The molecular formula is C8H10BrN3S2. The Morgan fingerprint density at radius 2 is 2.36 bits per heavy atom. The Hall–Kier alpha value is 0.0600. The van der Waals surface area contributed by atoms with Crippen LogP contribution in [0, 0.1) is 0 Å². The Balaban J connectivity index is 2.18. The first-order chi connectivity index (χ1) is 6.77. The van der Waals surface area contributed by atoms with Gasteiger partial charge in [0.15, 0.2) is 0 Å². The van der Waals surface area contributed by atoms with Crippen molar-refractivity contribution in [2.24, 2.45) is 0 Å². The predicted octanol–water partition coefficient (Wildman–Crippen LogP) is 2.34. The zero-order valence-electron chi connectivity index (χ0n) is 7.44. The van der Waals surface area contributed by atoms with Crippen LogP contribution in [0.2, 0.25) is 0 Å². The van der Waals surface area contributed by atoms with Crippen LogP contribution in [0.3, 0.4) is 0 Å².